The number of halogens is 1. The molecule has 3 amide bonds. The van der Waals surface area contributed by atoms with Crippen LogP contribution in [0, 0.1) is 5.82 Å². The molecular formula is C16H22FN3O2. The van der Waals surface area contributed by atoms with Gasteiger partial charge in [0.1, 0.15) is 5.82 Å². The lowest BCUT2D eigenvalue weighted by atomic mass is 10.0. The van der Waals surface area contributed by atoms with Crippen molar-refractivity contribution in [1.82, 2.24) is 15.5 Å². The van der Waals surface area contributed by atoms with Crippen molar-refractivity contribution in [3.05, 3.63) is 35.6 Å². The SMILES string of the molecule is CC(C)NC(=O)N1CCC(NC(=O)c2ccccc2F)CC1. The van der Waals surface area contributed by atoms with E-state index in [2.05, 4.69) is 10.6 Å². The molecule has 22 heavy (non-hydrogen) atoms. The van der Waals surface area contributed by atoms with Gasteiger partial charge in [0.25, 0.3) is 5.91 Å². The maximum absolute atomic E-state index is 13.6. The summed E-state index contributed by atoms with van der Waals surface area (Å²) < 4.78 is 13.6. The molecule has 1 aliphatic heterocycles. The predicted molar refractivity (Wildman–Crippen MR) is 82.1 cm³/mol. The zero-order valence-electron chi connectivity index (χ0n) is 12.9. The van der Waals surface area contributed by atoms with Gasteiger partial charge in [0.2, 0.25) is 0 Å². The smallest absolute Gasteiger partial charge is 0.317 e. The molecule has 5 nitrogen and oxygen atoms in total. The Morgan fingerprint density at radius 3 is 2.45 bits per heavy atom. The van der Waals surface area contributed by atoms with Crippen molar-refractivity contribution in [1.29, 1.82) is 0 Å². The van der Waals surface area contributed by atoms with Gasteiger partial charge >= 0.3 is 6.03 Å². The van der Waals surface area contributed by atoms with E-state index in [0.717, 1.165) is 0 Å². The Morgan fingerprint density at radius 1 is 1.23 bits per heavy atom. The number of hydrogen-bond acceptors (Lipinski definition) is 2. The summed E-state index contributed by atoms with van der Waals surface area (Å²) >= 11 is 0. The molecule has 0 saturated carbocycles. The molecule has 0 spiro atoms. The summed E-state index contributed by atoms with van der Waals surface area (Å²) in [6.07, 6.45) is 1.34. The van der Waals surface area contributed by atoms with Gasteiger partial charge in [0.05, 0.1) is 5.56 Å². The van der Waals surface area contributed by atoms with Crippen molar-refractivity contribution in [2.24, 2.45) is 0 Å². The van der Waals surface area contributed by atoms with E-state index < -0.39 is 11.7 Å². The van der Waals surface area contributed by atoms with E-state index in [1.165, 1.54) is 12.1 Å². The topological polar surface area (TPSA) is 61.4 Å². The van der Waals surface area contributed by atoms with Crippen LogP contribution in [0.5, 0.6) is 0 Å². The summed E-state index contributed by atoms with van der Waals surface area (Å²) in [6, 6.07) is 5.92. The normalized spacial score (nSPS) is 15.7. The summed E-state index contributed by atoms with van der Waals surface area (Å²) in [4.78, 5) is 25.7. The highest BCUT2D eigenvalue weighted by atomic mass is 19.1. The quantitative estimate of drug-likeness (QED) is 0.899. The Hall–Kier alpha value is -2.11. The number of piperidine rings is 1. The molecule has 6 heteroatoms. The number of nitrogens with zero attached hydrogens (tertiary/aromatic N) is 1. The molecule has 2 rings (SSSR count). The van der Waals surface area contributed by atoms with E-state index in [-0.39, 0.29) is 23.7 Å². The summed E-state index contributed by atoms with van der Waals surface area (Å²) in [5.41, 5.74) is 0.0579. The van der Waals surface area contributed by atoms with Crippen LogP contribution in [0.15, 0.2) is 24.3 Å². The fourth-order valence-corrected chi connectivity index (χ4v) is 2.47. The van der Waals surface area contributed by atoms with Crippen LogP contribution >= 0.6 is 0 Å². The van der Waals surface area contributed by atoms with E-state index in [0.29, 0.717) is 25.9 Å². The second-order valence-corrected chi connectivity index (χ2v) is 5.82. The lowest BCUT2D eigenvalue weighted by Crippen LogP contribution is -2.50. The van der Waals surface area contributed by atoms with E-state index in [1.807, 2.05) is 13.8 Å². The third kappa shape index (κ3) is 4.19. The number of rotatable bonds is 3. The van der Waals surface area contributed by atoms with Crippen LogP contribution in [-0.4, -0.2) is 42.0 Å². The Bertz CT molecular complexity index is 540. The second-order valence-electron chi connectivity index (χ2n) is 5.82. The molecule has 1 aromatic rings. The Morgan fingerprint density at radius 2 is 1.86 bits per heavy atom. The summed E-state index contributed by atoms with van der Waals surface area (Å²) in [6.45, 7) is 5.00. The van der Waals surface area contributed by atoms with Crippen molar-refractivity contribution in [3.63, 3.8) is 0 Å². The first kappa shape index (κ1) is 16.3. The van der Waals surface area contributed by atoms with Gasteiger partial charge < -0.3 is 15.5 Å². The first-order valence-corrected chi connectivity index (χ1v) is 7.58. The largest absolute Gasteiger partial charge is 0.349 e. The van der Waals surface area contributed by atoms with Crippen molar-refractivity contribution >= 4 is 11.9 Å². The minimum atomic E-state index is -0.520. The zero-order chi connectivity index (χ0) is 16.1. The van der Waals surface area contributed by atoms with Gasteiger partial charge in [-0.2, -0.15) is 0 Å². The highest BCUT2D eigenvalue weighted by Gasteiger charge is 2.24. The van der Waals surface area contributed by atoms with E-state index in [1.54, 1.807) is 17.0 Å². The number of carbonyl (C=O) groups excluding carboxylic acids is 2. The van der Waals surface area contributed by atoms with Crippen molar-refractivity contribution in [2.45, 2.75) is 38.8 Å². The Labute approximate surface area is 129 Å². The minimum absolute atomic E-state index is 0.0322. The molecule has 1 saturated heterocycles. The van der Waals surface area contributed by atoms with Crippen LogP contribution in [0.1, 0.15) is 37.0 Å². The second kappa shape index (κ2) is 7.24. The third-order valence-corrected chi connectivity index (χ3v) is 3.65. The lowest BCUT2D eigenvalue weighted by molar-refractivity contribution is 0.0913. The van der Waals surface area contributed by atoms with Crippen molar-refractivity contribution < 1.29 is 14.0 Å². The molecule has 0 aromatic heterocycles. The number of carbonyl (C=O) groups is 2. The number of amides is 3. The maximum Gasteiger partial charge on any atom is 0.317 e. The lowest BCUT2D eigenvalue weighted by Gasteiger charge is -2.32. The fraction of sp³-hybridized carbons (Fsp3) is 0.500. The highest BCUT2D eigenvalue weighted by molar-refractivity contribution is 5.94. The van der Waals surface area contributed by atoms with Gasteiger partial charge in [-0.1, -0.05) is 12.1 Å². The first-order valence-electron chi connectivity index (χ1n) is 7.58. The van der Waals surface area contributed by atoms with Crippen LogP contribution in [0.3, 0.4) is 0 Å². The van der Waals surface area contributed by atoms with E-state index in [4.69, 9.17) is 0 Å². The number of benzene rings is 1. The van der Waals surface area contributed by atoms with Crippen molar-refractivity contribution in [3.8, 4) is 0 Å². The molecule has 0 aliphatic carbocycles. The molecule has 0 radical (unpaired) electrons. The fourth-order valence-electron chi connectivity index (χ4n) is 2.47. The van der Waals surface area contributed by atoms with Gasteiger partial charge in [0, 0.05) is 25.2 Å². The molecule has 0 atom stereocenters. The summed E-state index contributed by atoms with van der Waals surface area (Å²) in [5.74, 6) is -0.920. The number of likely N-dealkylation sites (tertiary alicyclic amines) is 1. The standard InChI is InChI=1S/C16H22FN3O2/c1-11(2)18-16(22)20-9-7-12(8-10-20)19-15(21)13-5-3-4-6-14(13)17/h3-6,11-12H,7-10H2,1-2H3,(H,18,22)(H,19,21). The average Bonchev–Trinajstić information content (AvgIpc) is 2.47. The Balaban J connectivity index is 1.84. The molecule has 2 N–H and O–H groups in total. The van der Waals surface area contributed by atoms with Crippen LogP contribution in [0.2, 0.25) is 0 Å². The summed E-state index contributed by atoms with van der Waals surface area (Å²) in [5, 5.41) is 5.69. The molecule has 1 aliphatic rings. The van der Waals surface area contributed by atoms with Gasteiger partial charge in [0.15, 0.2) is 0 Å². The number of nitrogens with one attached hydrogen (secondary N) is 2. The van der Waals surface area contributed by atoms with Crippen LogP contribution in [-0.2, 0) is 0 Å². The molecule has 0 bridgehead atoms. The molecular weight excluding hydrogens is 285 g/mol. The zero-order valence-corrected chi connectivity index (χ0v) is 12.9. The molecule has 0 unspecified atom stereocenters. The number of hydrogen-bond donors (Lipinski definition) is 2. The van der Waals surface area contributed by atoms with Crippen molar-refractivity contribution in [2.75, 3.05) is 13.1 Å². The number of urea groups is 1. The summed E-state index contributed by atoms with van der Waals surface area (Å²) in [7, 11) is 0. The molecule has 120 valence electrons. The van der Waals surface area contributed by atoms with E-state index in [9.17, 15) is 14.0 Å². The predicted octanol–water partition coefficient (Wildman–Crippen LogP) is 2.14. The van der Waals surface area contributed by atoms with Gasteiger partial charge in [-0.25, -0.2) is 9.18 Å². The Kier molecular flexibility index (Phi) is 5.35. The molecule has 1 aromatic carbocycles. The highest BCUT2D eigenvalue weighted by Crippen LogP contribution is 2.13. The third-order valence-electron chi connectivity index (χ3n) is 3.65. The average molecular weight is 307 g/mol. The van der Waals surface area contributed by atoms with Crippen LogP contribution in [0.25, 0.3) is 0 Å². The maximum atomic E-state index is 13.6. The first-order chi connectivity index (χ1) is 10.5. The van der Waals surface area contributed by atoms with Crippen LogP contribution < -0.4 is 10.6 Å². The van der Waals surface area contributed by atoms with Gasteiger partial charge in [-0.05, 0) is 38.8 Å². The molecule has 1 heterocycles. The van der Waals surface area contributed by atoms with E-state index >= 15 is 0 Å². The van der Waals surface area contributed by atoms with Crippen LogP contribution in [0.4, 0.5) is 9.18 Å². The molecule has 1 fully saturated rings. The minimum Gasteiger partial charge on any atom is -0.349 e. The van der Waals surface area contributed by atoms with Gasteiger partial charge in [-0.3, -0.25) is 4.79 Å². The monoisotopic (exact) mass is 307 g/mol. The van der Waals surface area contributed by atoms with Gasteiger partial charge in [-0.15, -0.1) is 0 Å².